The maximum absolute atomic E-state index is 12.7. The van der Waals surface area contributed by atoms with Gasteiger partial charge in [0.05, 0.1) is 11.1 Å². The van der Waals surface area contributed by atoms with Crippen LogP contribution >= 0.6 is 0 Å². The van der Waals surface area contributed by atoms with E-state index in [0.717, 1.165) is 12.1 Å². The Morgan fingerprint density at radius 1 is 1.24 bits per heavy atom. The summed E-state index contributed by atoms with van der Waals surface area (Å²) in [5.41, 5.74) is 4.21. The molecule has 0 saturated heterocycles. The van der Waals surface area contributed by atoms with Crippen LogP contribution in [0.3, 0.4) is 0 Å². The largest absolute Gasteiger partial charge is 0.466 e. The molecular weight excluding hydrogens is 285 g/mol. The zero-order valence-corrected chi connectivity index (χ0v) is 11.3. The van der Waals surface area contributed by atoms with Gasteiger partial charge in [0.25, 0.3) is 5.91 Å². The lowest BCUT2D eigenvalue weighted by Crippen LogP contribution is -2.14. The van der Waals surface area contributed by atoms with Crippen molar-refractivity contribution < 1.29 is 22.4 Å². The Hall–Kier alpha value is -2.44. The van der Waals surface area contributed by atoms with E-state index < -0.39 is 23.3 Å². The second-order valence-electron chi connectivity index (χ2n) is 4.58. The van der Waals surface area contributed by atoms with E-state index in [1.165, 1.54) is 12.1 Å². The Balaban J connectivity index is 2.28. The zero-order valence-electron chi connectivity index (χ0n) is 11.3. The molecule has 4 nitrogen and oxygen atoms in total. The number of amides is 1. The molecule has 2 rings (SSSR count). The molecule has 3 N–H and O–H groups in total. The number of hydrogen-bond donors (Lipinski definition) is 2. The Labute approximate surface area is 118 Å². The lowest BCUT2D eigenvalue weighted by Gasteiger charge is -2.12. The molecule has 0 fully saturated rings. The molecule has 1 aromatic carbocycles. The van der Waals surface area contributed by atoms with Gasteiger partial charge >= 0.3 is 6.18 Å². The van der Waals surface area contributed by atoms with Gasteiger partial charge in [0.2, 0.25) is 0 Å². The number of rotatable bonds is 2. The quantitative estimate of drug-likeness (QED) is 0.830. The number of carbonyl (C=O) groups is 1. The fraction of sp³-hybridized carbons (Fsp3) is 0.214. The number of furan rings is 1. The first kappa shape index (κ1) is 15.0. The van der Waals surface area contributed by atoms with Crippen molar-refractivity contribution >= 4 is 17.3 Å². The van der Waals surface area contributed by atoms with Crippen LogP contribution in [0.25, 0.3) is 0 Å². The predicted octanol–water partition coefficient (Wildman–Crippen LogP) is 3.75. The van der Waals surface area contributed by atoms with E-state index in [2.05, 4.69) is 5.32 Å². The van der Waals surface area contributed by atoms with Gasteiger partial charge in [-0.15, -0.1) is 0 Å². The Bertz CT molecular complexity index is 690. The number of benzene rings is 1. The zero-order chi connectivity index (χ0) is 15.8. The maximum Gasteiger partial charge on any atom is 0.418 e. The number of nitrogens with one attached hydrogen (secondary N) is 1. The number of hydrogen-bond acceptors (Lipinski definition) is 3. The van der Waals surface area contributed by atoms with Crippen LogP contribution in [0.1, 0.15) is 27.4 Å². The van der Waals surface area contributed by atoms with Crippen LogP contribution < -0.4 is 11.1 Å². The Morgan fingerprint density at radius 3 is 2.43 bits per heavy atom. The second-order valence-corrected chi connectivity index (χ2v) is 4.58. The molecule has 1 aromatic heterocycles. The molecule has 112 valence electrons. The van der Waals surface area contributed by atoms with Crippen molar-refractivity contribution in [2.24, 2.45) is 0 Å². The summed E-state index contributed by atoms with van der Waals surface area (Å²) in [6.07, 6.45) is -4.58. The number of nitrogens with two attached hydrogens (primary N) is 1. The normalized spacial score (nSPS) is 11.5. The van der Waals surface area contributed by atoms with Crippen LogP contribution in [-0.4, -0.2) is 5.91 Å². The first-order valence-corrected chi connectivity index (χ1v) is 6.03. The van der Waals surface area contributed by atoms with E-state index in [-0.39, 0.29) is 11.3 Å². The van der Waals surface area contributed by atoms with Gasteiger partial charge in [0.15, 0.2) is 0 Å². The minimum absolute atomic E-state index is 0.0137. The lowest BCUT2D eigenvalue weighted by molar-refractivity contribution is -0.136. The van der Waals surface area contributed by atoms with Crippen molar-refractivity contribution in [2.45, 2.75) is 20.0 Å². The molecule has 2 aromatic rings. The van der Waals surface area contributed by atoms with Crippen molar-refractivity contribution in [3.05, 3.63) is 46.9 Å². The fourth-order valence-electron chi connectivity index (χ4n) is 1.93. The van der Waals surface area contributed by atoms with Gasteiger partial charge in [-0.3, -0.25) is 4.79 Å². The molecule has 1 amide bonds. The monoisotopic (exact) mass is 298 g/mol. The van der Waals surface area contributed by atoms with Crippen molar-refractivity contribution in [3.63, 3.8) is 0 Å². The lowest BCUT2D eigenvalue weighted by atomic mass is 10.1. The number of nitrogen functional groups attached to an aromatic ring is 1. The first-order chi connectivity index (χ1) is 9.68. The van der Waals surface area contributed by atoms with Crippen molar-refractivity contribution in [1.82, 2.24) is 0 Å². The fourth-order valence-corrected chi connectivity index (χ4v) is 1.93. The van der Waals surface area contributed by atoms with Gasteiger partial charge in [-0.05, 0) is 38.1 Å². The Morgan fingerprint density at radius 2 is 1.90 bits per heavy atom. The summed E-state index contributed by atoms with van der Waals surface area (Å²) in [4.78, 5) is 12.0. The van der Waals surface area contributed by atoms with E-state index in [1.54, 1.807) is 13.8 Å². The SMILES string of the molecule is Cc1cc(C(=O)Nc2ccc(N)c(C(F)(F)F)c2)c(C)o1. The number of aryl methyl sites for hydroxylation is 2. The van der Waals surface area contributed by atoms with Crippen molar-refractivity contribution in [1.29, 1.82) is 0 Å². The molecule has 1 heterocycles. The molecular formula is C14H13F3N2O2. The van der Waals surface area contributed by atoms with Gasteiger partial charge in [-0.1, -0.05) is 0 Å². The summed E-state index contributed by atoms with van der Waals surface area (Å²) in [5, 5.41) is 2.40. The summed E-state index contributed by atoms with van der Waals surface area (Å²) >= 11 is 0. The third-order valence-corrected chi connectivity index (χ3v) is 2.90. The first-order valence-electron chi connectivity index (χ1n) is 6.03. The predicted molar refractivity (Wildman–Crippen MR) is 72.0 cm³/mol. The van der Waals surface area contributed by atoms with E-state index in [1.807, 2.05) is 0 Å². The number of anilines is 2. The highest BCUT2D eigenvalue weighted by atomic mass is 19.4. The molecule has 21 heavy (non-hydrogen) atoms. The summed E-state index contributed by atoms with van der Waals surface area (Å²) in [5.74, 6) is 0.407. The van der Waals surface area contributed by atoms with Crippen LogP contribution in [0.4, 0.5) is 24.5 Å². The van der Waals surface area contributed by atoms with Gasteiger partial charge in [-0.2, -0.15) is 13.2 Å². The molecule has 0 saturated carbocycles. The molecule has 0 aliphatic carbocycles. The highest BCUT2D eigenvalue weighted by Gasteiger charge is 2.33. The van der Waals surface area contributed by atoms with E-state index in [4.69, 9.17) is 10.2 Å². The molecule has 0 aliphatic rings. The smallest absolute Gasteiger partial charge is 0.418 e. The van der Waals surface area contributed by atoms with E-state index in [0.29, 0.717) is 11.5 Å². The van der Waals surface area contributed by atoms with E-state index >= 15 is 0 Å². The summed E-state index contributed by atoms with van der Waals surface area (Å²) in [6.45, 7) is 3.28. The minimum atomic E-state index is -4.58. The molecule has 0 bridgehead atoms. The molecule has 0 spiro atoms. The third kappa shape index (κ3) is 3.18. The van der Waals surface area contributed by atoms with Gasteiger partial charge in [0.1, 0.15) is 11.5 Å². The molecule has 0 radical (unpaired) electrons. The van der Waals surface area contributed by atoms with Crippen molar-refractivity contribution in [2.75, 3.05) is 11.1 Å². The van der Waals surface area contributed by atoms with Crippen LogP contribution in [-0.2, 0) is 6.18 Å². The maximum atomic E-state index is 12.7. The van der Waals surface area contributed by atoms with Crippen molar-refractivity contribution in [3.8, 4) is 0 Å². The van der Waals surface area contributed by atoms with E-state index in [9.17, 15) is 18.0 Å². The highest BCUT2D eigenvalue weighted by molar-refractivity contribution is 6.05. The average molecular weight is 298 g/mol. The molecule has 0 atom stereocenters. The number of halogens is 3. The standard InChI is InChI=1S/C14H13F3N2O2/c1-7-5-10(8(2)21-7)13(20)19-9-3-4-12(18)11(6-9)14(15,16)17/h3-6H,18H2,1-2H3,(H,19,20). The number of carbonyl (C=O) groups excluding carboxylic acids is 1. The summed E-state index contributed by atoms with van der Waals surface area (Å²) < 4.78 is 43.5. The Kier molecular flexibility index (Phi) is 3.67. The average Bonchev–Trinajstić information content (AvgIpc) is 2.69. The minimum Gasteiger partial charge on any atom is -0.466 e. The third-order valence-electron chi connectivity index (χ3n) is 2.90. The van der Waals surface area contributed by atoms with Gasteiger partial charge in [-0.25, -0.2) is 0 Å². The number of alkyl halides is 3. The second kappa shape index (κ2) is 5.16. The topological polar surface area (TPSA) is 68.3 Å². The highest BCUT2D eigenvalue weighted by Crippen LogP contribution is 2.35. The summed E-state index contributed by atoms with van der Waals surface area (Å²) in [6, 6.07) is 4.73. The van der Waals surface area contributed by atoms with Crippen LogP contribution in [0.2, 0.25) is 0 Å². The van der Waals surface area contributed by atoms with Crippen LogP contribution in [0, 0.1) is 13.8 Å². The molecule has 7 heteroatoms. The van der Waals surface area contributed by atoms with Gasteiger partial charge in [0, 0.05) is 11.4 Å². The van der Waals surface area contributed by atoms with Crippen LogP contribution in [0.15, 0.2) is 28.7 Å². The van der Waals surface area contributed by atoms with Crippen LogP contribution in [0.5, 0.6) is 0 Å². The summed E-state index contributed by atoms with van der Waals surface area (Å²) in [7, 11) is 0. The molecule has 0 aliphatic heterocycles. The molecule has 0 unspecified atom stereocenters. The van der Waals surface area contributed by atoms with Gasteiger partial charge < -0.3 is 15.5 Å².